The predicted octanol–water partition coefficient (Wildman–Crippen LogP) is 3.67. The van der Waals surface area contributed by atoms with E-state index in [4.69, 9.17) is 20.9 Å². The van der Waals surface area contributed by atoms with Gasteiger partial charge < -0.3 is 26.3 Å². The Morgan fingerprint density at radius 1 is 1.19 bits per heavy atom. The second kappa shape index (κ2) is 9.98. The highest BCUT2D eigenvalue weighted by molar-refractivity contribution is 9.10. The molecule has 0 aliphatic carbocycles. The number of nitrogen functional groups attached to an aromatic ring is 2. The third kappa shape index (κ3) is 5.25. The largest absolute Gasteiger partial charge is 0.490 e. The molecular weight excluding hydrogens is 476 g/mol. The lowest BCUT2D eigenvalue weighted by Crippen LogP contribution is -2.20. The van der Waals surface area contributed by atoms with Gasteiger partial charge in [-0.2, -0.15) is 10.2 Å². The lowest BCUT2D eigenvalue weighted by molar-refractivity contribution is -0.118. The number of nitrogens with two attached hydrogens (primary N) is 2. The molecule has 164 valence electrons. The average molecular weight is 497 g/mol. The molecule has 1 aromatic heterocycles. The molecule has 10 heteroatoms. The predicted molar refractivity (Wildman–Crippen MR) is 125 cm³/mol. The van der Waals surface area contributed by atoms with Crippen molar-refractivity contribution in [1.82, 2.24) is 9.97 Å². The van der Waals surface area contributed by atoms with E-state index in [1.54, 1.807) is 12.1 Å². The van der Waals surface area contributed by atoms with E-state index in [0.29, 0.717) is 33.8 Å². The van der Waals surface area contributed by atoms with Crippen molar-refractivity contribution in [3.05, 3.63) is 52.0 Å². The summed E-state index contributed by atoms with van der Waals surface area (Å²) < 4.78 is 11.9. The lowest BCUT2D eigenvalue weighted by atomic mass is 10.1. The normalized spacial score (nSPS) is 10.3. The summed E-state index contributed by atoms with van der Waals surface area (Å²) in [7, 11) is 0. The first kappa shape index (κ1) is 22.8. The maximum absolute atomic E-state index is 12.3. The number of halogens is 1. The minimum Gasteiger partial charge on any atom is -0.490 e. The Bertz CT molecular complexity index is 1190. The SMILES string of the molecule is CCOc1cc(-c2nc(N)nc(N)c2C#N)cc(Br)c1OCC(=O)Nc1ccc(C)cc1. The number of carbonyl (C=O) groups is 1. The first-order chi connectivity index (χ1) is 15.3. The number of hydrogen-bond donors (Lipinski definition) is 3. The number of ether oxygens (including phenoxy) is 2. The molecule has 0 bridgehead atoms. The Kier molecular flexibility index (Phi) is 7.12. The third-order valence-electron chi connectivity index (χ3n) is 4.33. The average Bonchev–Trinajstić information content (AvgIpc) is 2.74. The summed E-state index contributed by atoms with van der Waals surface area (Å²) in [6, 6.07) is 12.8. The second-order valence-electron chi connectivity index (χ2n) is 6.72. The zero-order chi connectivity index (χ0) is 23.3. The summed E-state index contributed by atoms with van der Waals surface area (Å²) in [6.45, 7) is 3.90. The summed E-state index contributed by atoms with van der Waals surface area (Å²) in [4.78, 5) is 20.3. The molecule has 0 aliphatic heterocycles. The van der Waals surface area contributed by atoms with Crippen molar-refractivity contribution in [2.75, 3.05) is 30.0 Å². The molecule has 2 aromatic carbocycles. The van der Waals surface area contributed by atoms with Crippen LogP contribution in [0.5, 0.6) is 11.5 Å². The number of carbonyl (C=O) groups excluding carboxylic acids is 1. The van der Waals surface area contributed by atoms with Crippen LogP contribution in [0.15, 0.2) is 40.9 Å². The number of nitrogens with zero attached hydrogens (tertiary/aromatic N) is 3. The van der Waals surface area contributed by atoms with Gasteiger partial charge >= 0.3 is 0 Å². The Hall–Kier alpha value is -3.84. The lowest BCUT2D eigenvalue weighted by Gasteiger charge is -2.16. The van der Waals surface area contributed by atoms with E-state index < -0.39 is 0 Å². The molecule has 5 N–H and O–H groups in total. The van der Waals surface area contributed by atoms with Crippen LogP contribution in [0.1, 0.15) is 18.1 Å². The van der Waals surface area contributed by atoms with Gasteiger partial charge in [-0.15, -0.1) is 0 Å². The van der Waals surface area contributed by atoms with E-state index in [9.17, 15) is 10.1 Å². The molecule has 32 heavy (non-hydrogen) atoms. The molecule has 3 rings (SSSR count). The van der Waals surface area contributed by atoms with Gasteiger partial charge in [0.15, 0.2) is 18.1 Å². The van der Waals surface area contributed by atoms with E-state index in [0.717, 1.165) is 5.56 Å². The van der Waals surface area contributed by atoms with Crippen LogP contribution in [0.25, 0.3) is 11.3 Å². The standard InChI is InChI=1S/C22H21BrN6O3/c1-3-31-17-9-13(19-15(10-24)21(25)29-22(26)28-19)8-16(23)20(17)32-11-18(30)27-14-6-4-12(2)5-7-14/h4-9H,3,11H2,1-2H3,(H,27,30)(H4,25,26,28,29). The summed E-state index contributed by atoms with van der Waals surface area (Å²) in [5.74, 6) is 0.300. The van der Waals surface area contributed by atoms with Gasteiger partial charge in [0.05, 0.1) is 16.8 Å². The van der Waals surface area contributed by atoms with Crippen molar-refractivity contribution < 1.29 is 14.3 Å². The Balaban J connectivity index is 1.87. The van der Waals surface area contributed by atoms with Gasteiger partial charge in [-0.05, 0) is 54.0 Å². The quantitative estimate of drug-likeness (QED) is 0.448. The van der Waals surface area contributed by atoms with Crippen LogP contribution in [0, 0.1) is 18.3 Å². The number of amides is 1. The molecule has 0 unspecified atom stereocenters. The van der Waals surface area contributed by atoms with E-state index in [1.165, 1.54) is 0 Å². The number of aryl methyl sites for hydroxylation is 1. The first-order valence-corrected chi connectivity index (χ1v) is 10.4. The van der Waals surface area contributed by atoms with Crippen LogP contribution in [0.3, 0.4) is 0 Å². The fourth-order valence-electron chi connectivity index (χ4n) is 2.89. The van der Waals surface area contributed by atoms with E-state index in [-0.39, 0.29) is 35.5 Å². The van der Waals surface area contributed by atoms with Crippen molar-refractivity contribution in [2.45, 2.75) is 13.8 Å². The molecular formula is C22H21BrN6O3. The highest BCUT2D eigenvalue weighted by Gasteiger charge is 2.19. The van der Waals surface area contributed by atoms with Gasteiger partial charge in [0.25, 0.3) is 5.91 Å². The number of benzene rings is 2. The topological polar surface area (TPSA) is 149 Å². The van der Waals surface area contributed by atoms with Crippen LogP contribution in [0.4, 0.5) is 17.5 Å². The number of aromatic nitrogens is 2. The highest BCUT2D eigenvalue weighted by Crippen LogP contribution is 2.40. The van der Waals surface area contributed by atoms with Crippen LogP contribution < -0.4 is 26.3 Å². The minimum absolute atomic E-state index is 0.0165. The monoisotopic (exact) mass is 496 g/mol. The molecule has 1 heterocycles. The van der Waals surface area contributed by atoms with Crippen molar-refractivity contribution >= 4 is 39.3 Å². The fraction of sp³-hybridized carbons (Fsp3) is 0.182. The summed E-state index contributed by atoms with van der Waals surface area (Å²) in [6.07, 6.45) is 0. The fourth-order valence-corrected chi connectivity index (χ4v) is 3.45. The van der Waals surface area contributed by atoms with Gasteiger partial charge in [0, 0.05) is 11.3 Å². The maximum Gasteiger partial charge on any atom is 0.262 e. The van der Waals surface area contributed by atoms with E-state index >= 15 is 0 Å². The summed E-state index contributed by atoms with van der Waals surface area (Å²) >= 11 is 3.45. The van der Waals surface area contributed by atoms with Gasteiger partial charge in [-0.1, -0.05) is 17.7 Å². The molecule has 9 nitrogen and oxygen atoms in total. The van der Waals surface area contributed by atoms with Crippen molar-refractivity contribution in [2.24, 2.45) is 0 Å². The Morgan fingerprint density at radius 2 is 1.91 bits per heavy atom. The number of hydrogen-bond acceptors (Lipinski definition) is 8. The molecule has 0 spiro atoms. The van der Waals surface area contributed by atoms with E-state index in [2.05, 4.69) is 31.2 Å². The van der Waals surface area contributed by atoms with Gasteiger partial charge in [0.2, 0.25) is 5.95 Å². The van der Waals surface area contributed by atoms with Crippen molar-refractivity contribution in [3.63, 3.8) is 0 Å². The zero-order valence-corrected chi connectivity index (χ0v) is 19.1. The van der Waals surface area contributed by atoms with Crippen LogP contribution >= 0.6 is 15.9 Å². The number of nitriles is 1. The van der Waals surface area contributed by atoms with Gasteiger partial charge in [-0.25, -0.2) is 4.98 Å². The number of anilines is 3. The number of nitrogens with one attached hydrogen (secondary N) is 1. The molecule has 0 fully saturated rings. The second-order valence-corrected chi connectivity index (χ2v) is 7.58. The molecule has 1 amide bonds. The number of rotatable bonds is 7. The Morgan fingerprint density at radius 3 is 2.56 bits per heavy atom. The molecule has 0 atom stereocenters. The molecule has 0 radical (unpaired) electrons. The molecule has 0 saturated heterocycles. The van der Waals surface area contributed by atoms with Crippen molar-refractivity contribution in [1.29, 1.82) is 5.26 Å². The van der Waals surface area contributed by atoms with Gasteiger partial charge in [0.1, 0.15) is 17.5 Å². The molecule has 0 aliphatic rings. The van der Waals surface area contributed by atoms with Crippen molar-refractivity contribution in [3.8, 4) is 28.8 Å². The smallest absolute Gasteiger partial charge is 0.262 e. The zero-order valence-electron chi connectivity index (χ0n) is 17.5. The molecule has 3 aromatic rings. The first-order valence-electron chi connectivity index (χ1n) is 9.61. The highest BCUT2D eigenvalue weighted by atomic mass is 79.9. The summed E-state index contributed by atoms with van der Waals surface area (Å²) in [5, 5.41) is 12.2. The molecule has 0 saturated carbocycles. The van der Waals surface area contributed by atoms with Crippen LogP contribution in [-0.4, -0.2) is 29.1 Å². The van der Waals surface area contributed by atoms with E-state index in [1.807, 2.05) is 44.2 Å². The maximum atomic E-state index is 12.3. The van der Waals surface area contributed by atoms with Gasteiger partial charge in [-0.3, -0.25) is 4.79 Å². The van der Waals surface area contributed by atoms with Crippen LogP contribution in [0.2, 0.25) is 0 Å². The Labute approximate surface area is 193 Å². The minimum atomic E-state index is -0.324. The third-order valence-corrected chi connectivity index (χ3v) is 4.92. The summed E-state index contributed by atoms with van der Waals surface area (Å²) in [5.41, 5.74) is 14.2. The van der Waals surface area contributed by atoms with Crippen LogP contribution in [-0.2, 0) is 4.79 Å².